The molecule has 2 heterocycles. The Morgan fingerprint density at radius 2 is 2.26 bits per heavy atom. The molecule has 1 unspecified atom stereocenters. The summed E-state index contributed by atoms with van der Waals surface area (Å²) in [5.41, 5.74) is 1.20. The van der Waals surface area contributed by atoms with Crippen LogP contribution in [0.5, 0.6) is 0 Å². The molecule has 19 heavy (non-hydrogen) atoms. The van der Waals surface area contributed by atoms with Gasteiger partial charge in [0.25, 0.3) is 0 Å². The number of likely N-dealkylation sites (tertiary alicyclic amines) is 1. The number of nitrogens with zero attached hydrogens (tertiary/aromatic N) is 2. The van der Waals surface area contributed by atoms with Crippen LogP contribution in [-0.2, 0) is 11.3 Å². The fourth-order valence-corrected chi connectivity index (χ4v) is 2.50. The molecule has 0 saturated carbocycles. The highest BCUT2D eigenvalue weighted by Crippen LogP contribution is 2.15. The van der Waals surface area contributed by atoms with Crippen LogP contribution in [0.25, 0.3) is 0 Å². The first kappa shape index (κ1) is 14.0. The second-order valence-corrected chi connectivity index (χ2v) is 5.37. The van der Waals surface area contributed by atoms with Crippen molar-refractivity contribution in [2.45, 2.75) is 32.7 Å². The van der Waals surface area contributed by atoms with Gasteiger partial charge in [-0.2, -0.15) is 0 Å². The molecule has 4 heteroatoms. The Morgan fingerprint density at radius 1 is 1.47 bits per heavy atom. The van der Waals surface area contributed by atoms with Gasteiger partial charge in [-0.05, 0) is 36.5 Å². The molecule has 1 atom stereocenters. The summed E-state index contributed by atoms with van der Waals surface area (Å²) in [6, 6.07) is 3.97. The van der Waals surface area contributed by atoms with Crippen molar-refractivity contribution in [3.05, 3.63) is 30.1 Å². The van der Waals surface area contributed by atoms with Crippen LogP contribution in [0.15, 0.2) is 24.5 Å². The molecule has 0 aromatic carbocycles. The summed E-state index contributed by atoms with van der Waals surface area (Å²) in [7, 11) is 0. The van der Waals surface area contributed by atoms with Gasteiger partial charge in [0.2, 0.25) is 5.91 Å². The fraction of sp³-hybridized carbons (Fsp3) is 0.600. The molecule has 0 aliphatic carbocycles. The Morgan fingerprint density at radius 3 is 3.00 bits per heavy atom. The van der Waals surface area contributed by atoms with E-state index < -0.39 is 0 Å². The average Bonchev–Trinajstić information content (AvgIpc) is 2.44. The average molecular weight is 261 g/mol. The van der Waals surface area contributed by atoms with E-state index in [4.69, 9.17) is 0 Å². The van der Waals surface area contributed by atoms with E-state index in [0.717, 1.165) is 32.6 Å². The van der Waals surface area contributed by atoms with Crippen LogP contribution in [0, 0.1) is 5.92 Å². The van der Waals surface area contributed by atoms with Crippen molar-refractivity contribution in [3.63, 3.8) is 0 Å². The SMILES string of the molecule is CC1CCCN(C(=O)CCNCc2ccncc2)C1. The molecule has 1 aromatic heterocycles. The molecule has 1 saturated heterocycles. The number of hydrogen-bond donors (Lipinski definition) is 1. The number of piperidine rings is 1. The van der Waals surface area contributed by atoms with Crippen molar-refractivity contribution in [1.29, 1.82) is 0 Å². The molecule has 0 bridgehead atoms. The maximum Gasteiger partial charge on any atom is 0.223 e. The van der Waals surface area contributed by atoms with Crippen LogP contribution in [0.1, 0.15) is 31.7 Å². The number of rotatable bonds is 5. The number of nitrogens with one attached hydrogen (secondary N) is 1. The number of carbonyl (C=O) groups is 1. The van der Waals surface area contributed by atoms with E-state index in [0.29, 0.717) is 12.3 Å². The van der Waals surface area contributed by atoms with Gasteiger partial charge in [0.1, 0.15) is 0 Å². The zero-order valence-corrected chi connectivity index (χ0v) is 11.6. The number of pyridine rings is 1. The largest absolute Gasteiger partial charge is 0.342 e. The number of amides is 1. The predicted octanol–water partition coefficient (Wildman–Crippen LogP) is 1.82. The third kappa shape index (κ3) is 4.63. The summed E-state index contributed by atoms with van der Waals surface area (Å²) in [6.45, 7) is 5.64. The van der Waals surface area contributed by atoms with E-state index in [1.807, 2.05) is 17.0 Å². The second kappa shape index (κ2) is 7.24. The molecule has 104 valence electrons. The summed E-state index contributed by atoms with van der Waals surface area (Å²) in [4.78, 5) is 18.0. The summed E-state index contributed by atoms with van der Waals surface area (Å²) in [5.74, 6) is 0.941. The molecule has 1 aliphatic rings. The maximum atomic E-state index is 12.0. The Kier molecular flexibility index (Phi) is 5.33. The standard InChI is InChI=1S/C15H23N3O/c1-13-3-2-10-18(12-13)15(19)6-9-17-11-14-4-7-16-8-5-14/h4-5,7-8,13,17H,2-3,6,9-12H2,1H3. The highest BCUT2D eigenvalue weighted by atomic mass is 16.2. The zero-order chi connectivity index (χ0) is 13.5. The number of aromatic nitrogens is 1. The van der Waals surface area contributed by atoms with E-state index in [9.17, 15) is 4.79 Å². The highest BCUT2D eigenvalue weighted by molar-refractivity contribution is 5.76. The predicted molar refractivity (Wildman–Crippen MR) is 75.5 cm³/mol. The van der Waals surface area contributed by atoms with Crippen molar-refractivity contribution in [2.75, 3.05) is 19.6 Å². The minimum absolute atomic E-state index is 0.286. The van der Waals surface area contributed by atoms with E-state index in [1.54, 1.807) is 12.4 Å². The first-order chi connectivity index (χ1) is 9.25. The van der Waals surface area contributed by atoms with Crippen LogP contribution >= 0.6 is 0 Å². The van der Waals surface area contributed by atoms with Crippen molar-refractivity contribution >= 4 is 5.91 Å². The highest BCUT2D eigenvalue weighted by Gasteiger charge is 2.20. The Bertz CT molecular complexity index is 394. The van der Waals surface area contributed by atoms with Crippen LogP contribution < -0.4 is 5.32 Å². The second-order valence-electron chi connectivity index (χ2n) is 5.37. The molecule has 1 aromatic rings. The summed E-state index contributed by atoms with van der Waals surface area (Å²) in [5, 5.41) is 3.31. The van der Waals surface area contributed by atoms with E-state index in [1.165, 1.54) is 12.0 Å². The van der Waals surface area contributed by atoms with Gasteiger partial charge in [0.15, 0.2) is 0 Å². The smallest absolute Gasteiger partial charge is 0.223 e. The van der Waals surface area contributed by atoms with Crippen molar-refractivity contribution in [3.8, 4) is 0 Å². The number of hydrogen-bond acceptors (Lipinski definition) is 3. The van der Waals surface area contributed by atoms with Gasteiger partial charge < -0.3 is 10.2 Å². The third-order valence-corrected chi connectivity index (χ3v) is 3.60. The van der Waals surface area contributed by atoms with Gasteiger partial charge in [-0.15, -0.1) is 0 Å². The first-order valence-electron chi connectivity index (χ1n) is 7.13. The molecule has 1 amide bonds. The summed E-state index contributed by atoms with van der Waals surface area (Å²) < 4.78 is 0. The lowest BCUT2D eigenvalue weighted by molar-refractivity contribution is -0.132. The zero-order valence-electron chi connectivity index (χ0n) is 11.6. The fourth-order valence-electron chi connectivity index (χ4n) is 2.50. The van der Waals surface area contributed by atoms with Gasteiger partial charge in [0, 0.05) is 45.0 Å². The molecule has 1 fully saturated rings. The molecule has 0 radical (unpaired) electrons. The molecular formula is C15H23N3O. The number of carbonyl (C=O) groups excluding carboxylic acids is 1. The van der Waals surface area contributed by atoms with E-state index >= 15 is 0 Å². The van der Waals surface area contributed by atoms with Gasteiger partial charge in [-0.1, -0.05) is 6.92 Å². The molecule has 1 aliphatic heterocycles. The maximum absolute atomic E-state index is 12.0. The lowest BCUT2D eigenvalue weighted by Gasteiger charge is -2.31. The third-order valence-electron chi connectivity index (χ3n) is 3.60. The molecule has 4 nitrogen and oxygen atoms in total. The van der Waals surface area contributed by atoms with Crippen LogP contribution in [-0.4, -0.2) is 35.4 Å². The Balaban J connectivity index is 1.64. The van der Waals surface area contributed by atoms with Crippen molar-refractivity contribution < 1.29 is 4.79 Å². The van der Waals surface area contributed by atoms with Crippen LogP contribution in [0.3, 0.4) is 0 Å². The molecule has 2 rings (SSSR count). The van der Waals surface area contributed by atoms with E-state index in [-0.39, 0.29) is 5.91 Å². The Labute approximate surface area is 115 Å². The molecule has 1 N–H and O–H groups in total. The monoisotopic (exact) mass is 261 g/mol. The lowest BCUT2D eigenvalue weighted by atomic mass is 10.00. The first-order valence-corrected chi connectivity index (χ1v) is 7.13. The normalized spacial score (nSPS) is 19.4. The van der Waals surface area contributed by atoms with Gasteiger partial charge in [0.05, 0.1) is 0 Å². The van der Waals surface area contributed by atoms with Gasteiger partial charge in [-0.25, -0.2) is 0 Å². The molecule has 0 spiro atoms. The van der Waals surface area contributed by atoms with Gasteiger partial charge in [-0.3, -0.25) is 9.78 Å². The quantitative estimate of drug-likeness (QED) is 0.822. The summed E-state index contributed by atoms with van der Waals surface area (Å²) in [6.07, 6.45) is 6.58. The van der Waals surface area contributed by atoms with Crippen molar-refractivity contribution in [2.24, 2.45) is 5.92 Å². The van der Waals surface area contributed by atoms with Gasteiger partial charge >= 0.3 is 0 Å². The minimum Gasteiger partial charge on any atom is -0.342 e. The Hall–Kier alpha value is -1.42. The summed E-state index contributed by atoms with van der Waals surface area (Å²) >= 11 is 0. The molecular weight excluding hydrogens is 238 g/mol. The van der Waals surface area contributed by atoms with Crippen LogP contribution in [0.2, 0.25) is 0 Å². The van der Waals surface area contributed by atoms with Crippen molar-refractivity contribution in [1.82, 2.24) is 15.2 Å². The van der Waals surface area contributed by atoms with Crippen LogP contribution in [0.4, 0.5) is 0 Å². The van der Waals surface area contributed by atoms with E-state index in [2.05, 4.69) is 17.2 Å². The lowest BCUT2D eigenvalue weighted by Crippen LogP contribution is -2.40. The topological polar surface area (TPSA) is 45.2 Å². The minimum atomic E-state index is 0.286.